The number of benzene rings is 1. The summed E-state index contributed by atoms with van der Waals surface area (Å²) in [6.07, 6.45) is 0. The van der Waals surface area contributed by atoms with Gasteiger partial charge in [-0.05, 0) is 0 Å². The van der Waals surface area contributed by atoms with E-state index in [-0.39, 0.29) is 0 Å². The molecule has 3 heteroatoms. The van der Waals surface area contributed by atoms with Gasteiger partial charge in [-0.15, -0.1) is 0 Å². The first-order chi connectivity index (χ1) is 8.90. The molecule has 1 aromatic heterocycles. The molecule has 0 aliphatic rings. The van der Waals surface area contributed by atoms with Crippen molar-refractivity contribution in [3.8, 4) is 5.75 Å². The van der Waals surface area contributed by atoms with E-state index >= 15 is 0 Å². The summed E-state index contributed by atoms with van der Waals surface area (Å²) in [5.41, 5.74) is 10.9. The Balaban J connectivity index is 3.02. The van der Waals surface area contributed by atoms with Crippen molar-refractivity contribution < 1.29 is 3.53 Å². The van der Waals surface area contributed by atoms with Crippen LogP contribution in [0, 0.1) is 41.5 Å². The first kappa shape index (κ1) is 14.5. The molecule has 1 aromatic carbocycles. The summed E-state index contributed by atoms with van der Waals surface area (Å²) < 4.78 is 6.03. The molecule has 0 atom stereocenters. The average Bonchev–Trinajstić information content (AvgIpc) is 2.38. The standard InChI is InChI=1S/C15H19NO.CH3.Ga/c1-7-9(3)13-10(4)8(2)12(6)16-14(13)15(17)11(7)5;;/h17H,1-6H3;1H3;/q;;+1/p-1. The molecule has 2 aromatic rings. The van der Waals surface area contributed by atoms with Gasteiger partial charge in [-0.1, -0.05) is 0 Å². The van der Waals surface area contributed by atoms with Gasteiger partial charge in [0.05, 0.1) is 0 Å². The van der Waals surface area contributed by atoms with E-state index < -0.39 is 17.8 Å². The van der Waals surface area contributed by atoms with Crippen LogP contribution in [0.25, 0.3) is 10.9 Å². The minimum absolute atomic E-state index is 0.643. The quantitative estimate of drug-likeness (QED) is 0.778. The fourth-order valence-electron chi connectivity index (χ4n) is 2.65. The van der Waals surface area contributed by atoms with Gasteiger partial charge in [-0.2, -0.15) is 0 Å². The molecule has 99 valence electrons. The molecule has 0 fully saturated rings. The van der Waals surface area contributed by atoms with Crippen LogP contribution in [0.2, 0.25) is 5.48 Å². The SMILES string of the molecule is [CH3][Ga][O]c1c(C)c(C)c(C)c2c(C)c(C)c(C)nc12. The van der Waals surface area contributed by atoms with Gasteiger partial charge in [0, 0.05) is 0 Å². The van der Waals surface area contributed by atoms with Crippen molar-refractivity contribution in [2.75, 3.05) is 0 Å². The molecule has 0 amide bonds. The third-order valence-electron chi connectivity index (χ3n) is 4.29. The van der Waals surface area contributed by atoms with E-state index in [1.165, 1.54) is 33.2 Å². The van der Waals surface area contributed by atoms with Crippen LogP contribution >= 0.6 is 0 Å². The first-order valence-corrected chi connectivity index (χ1v) is 10.1. The van der Waals surface area contributed by atoms with Gasteiger partial charge in [-0.25, -0.2) is 0 Å². The topological polar surface area (TPSA) is 22.1 Å². The molecule has 0 unspecified atom stereocenters. The molecular weight excluding hydrogens is 292 g/mol. The molecule has 2 rings (SSSR count). The summed E-state index contributed by atoms with van der Waals surface area (Å²) in [5.74, 6) is 1.02. The van der Waals surface area contributed by atoms with Gasteiger partial charge in [0.25, 0.3) is 0 Å². The number of nitrogens with zero attached hydrogens (tertiary/aromatic N) is 1. The van der Waals surface area contributed by atoms with Crippen molar-refractivity contribution in [2.45, 2.75) is 47.0 Å². The van der Waals surface area contributed by atoms with E-state index in [9.17, 15) is 0 Å². The number of pyridine rings is 1. The third kappa shape index (κ3) is 2.19. The molecule has 2 nitrogen and oxygen atoms in total. The Morgan fingerprint density at radius 2 is 1.37 bits per heavy atom. The molecule has 0 aliphatic carbocycles. The molecule has 0 N–H and O–H groups in total. The van der Waals surface area contributed by atoms with Gasteiger partial charge in [0.15, 0.2) is 0 Å². The van der Waals surface area contributed by atoms with Crippen molar-refractivity contribution in [3.63, 3.8) is 0 Å². The second kappa shape index (κ2) is 5.21. The summed E-state index contributed by atoms with van der Waals surface area (Å²) >= 11 is -0.643. The number of rotatable bonds is 2. The Kier molecular flexibility index (Phi) is 3.97. The van der Waals surface area contributed by atoms with Crippen molar-refractivity contribution >= 4 is 28.7 Å². The molecule has 0 saturated heterocycles. The summed E-state index contributed by atoms with van der Waals surface area (Å²) in [6.45, 7) is 13.0. The molecule has 19 heavy (non-hydrogen) atoms. The fraction of sp³-hybridized carbons (Fsp3) is 0.438. The predicted molar refractivity (Wildman–Crippen MR) is 82.4 cm³/mol. The second-order valence-electron chi connectivity index (χ2n) is 5.23. The van der Waals surface area contributed by atoms with Crippen LogP contribution < -0.4 is 3.53 Å². The number of fused-ring (bicyclic) bond motifs is 1. The Labute approximate surface area is 123 Å². The van der Waals surface area contributed by atoms with Gasteiger partial charge >= 0.3 is 123 Å². The van der Waals surface area contributed by atoms with Gasteiger partial charge in [0.1, 0.15) is 0 Å². The predicted octanol–water partition coefficient (Wildman–Crippen LogP) is 4.13. The van der Waals surface area contributed by atoms with Gasteiger partial charge in [-0.3, -0.25) is 0 Å². The third-order valence-corrected chi connectivity index (χ3v) is 5.28. The average molecular weight is 313 g/mol. The zero-order chi connectivity index (χ0) is 14.3. The number of aryl methyl sites for hydroxylation is 3. The van der Waals surface area contributed by atoms with E-state index in [0.717, 1.165) is 17.0 Å². The molecule has 0 aliphatic heterocycles. The molecular formula is C16H21GaNO. The fourth-order valence-corrected chi connectivity index (χ4v) is 3.75. The van der Waals surface area contributed by atoms with E-state index in [4.69, 9.17) is 8.51 Å². The van der Waals surface area contributed by atoms with Crippen LogP contribution in [0.5, 0.6) is 5.75 Å². The molecule has 0 spiro atoms. The number of aromatic nitrogens is 1. The maximum absolute atomic E-state index is 6.03. The first-order valence-electron chi connectivity index (χ1n) is 6.71. The van der Waals surface area contributed by atoms with Gasteiger partial charge in [0.2, 0.25) is 0 Å². The van der Waals surface area contributed by atoms with Gasteiger partial charge < -0.3 is 0 Å². The second-order valence-corrected chi connectivity index (χ2v) is 6.71. The monoisotopic (exact) mass is 312 g/mol. The Hall–Kier alpha value is -0.934. The van der Waals surface area contributed by atoms with Crippen LogP contribution in [0.15, 0.2) is 0 Å². The van der Waals surface area contributed by atoms with Crippen molar-refractivity contribution in [1.82, 2.24) is 4.98 Å². The summed E-state index contributed by atoms with van der Waals surface area (Å²) in [6, 6.07) is 0. The van der Waals surface area contributed by atoms with Crippen LogP contribution in [0.4, 0.5) is 0 Å². The Morgan fingerprint density at radius 1 is 0.789 bits per heavy atom. The summed E-state index contributed by atoms with van der Waals surface area (Å²) in [4.78, 5) is 4.82. The molecule has 1 heterocycles. The number of hydrogen-bond donors (Lipinski definition) is 0. The molecule has 0 bridgehead atoms. The van der Waals surface area contributed by atoms with Crippen molar-refractivity contribution in [2.24, 2.45) is 0 Å². The molecule has 1 radical (unpaired) electrons. The maximum atomic E-state index is 6.03. The van der Waals surface area contributed by atoms with Crippen molar-refractivity contribution in [1.29, 1.82) is 0 Å². The summed E-state index contributed by atoms with van der Waals surface area (Å²) in [5, 5.41) is 1.28. The van der Waals surface area contributed by atoms with E-state index in [1.54, 1.807) is 0 Å². The van der Waals surface area contributed by atoms with Crippen molar-refractivity contribution in [3.05, 3.63) is 33.5 Å². The minimum atomic E-state index is -0.643. The summed E-state index contributed by atoms with van der Waals surface area (Å²) in [7, 11) is 0. The Morgan fingerprint density at radius 3 is 1.95 bits per heavy atom. The van der Waals surface area contributed by atoms with Crippen LogP contribution in [0.3, 0.4) is 0 Å². The van der Waals surface area contributed by atoms with Crippen LogP contribution in [-0.2, 0) is 0 Å². The molecule has 0 saturated carbocycles. The van der Waals surface area contributed by atoms with E-state index in [1.807, 2.05) is 0 Å². The normalized spacial score (nSPS) is 10.9. The zero-order valence-electron chi connectivity index (χ0n) is 12.9. The number of hydrogen-bond acceptors (Lipinski definition) is 2. The Bertz CT molecular complexity index is 654. The van der Waals surface area contributed by atoms with E-state index in [0.29, 0.717) is 0 Å². The van der Waals surface area contributed by atoms with Crippen LogP contribution in [-0.4, -0.2) is 22.8 Å². The zero-order valence-corrected chi connectivity index (χ0v) is 15.4. The van der Waals surface area contributed by atoms with Crippen LogP contribution in [0.1, 0.15) is 33.5 Å². The van der Waals surface area contributed by atoms with E-state index in [2.05, 4.69) is 47.0 Å².